The molecule has 1 aliphatic rings. The molecule has 1 aromatic rings. The van der Waals surface area contributed by atoms with Crippen molar-refractivity contribution in [3.8, 4) is 5.75 Å². The number of amides is 1. The summed E-state index contributed by atoms with van der Waals surface area (Å²) in [7, 11) is 1.46. The predicted molar refractivity (Wildman–Crippen MR) is 90.2 cm³/mol. The third kappa shape index (κ3) is 4.68. The van der Waals surface area contributed by atoms with Crippen molar-refractivity contribution in [3.63, 3.8) is 0 Å². The molecule has 2 atom stereocenters. The molecule has 1 fully saturated rings. The minimum Gasteiger partial charge on any atom is -0.494 e. The van der Waals surface area contributed by atoms with Crippen LogP contribution in [0.4, 0.5) is 4.39 Å². The first-order valence-corrected chi connectivity index (χ1v) is 8.39. The zero-order valence-electron chi connectivity index (χ0n) is 14.6. The molecule has 6 heteroatoms. The Morgan fingerprint density at radius 1 is 1.46 bits per heavy atom. The van der Waals surface area contributed by atoms with E-state index in [1.165, 1.54) is 13.2 Å². The summed E-state index contributed by atoms with van der Waals surface area (Å²) in [6, 6.07) is 4.98. The molecule has 0 spiro atoms. The van der Waals surface area contributed by atoms with Gasteiger partial charge in [0.1, 0.15) is 0 Å². The average Bonchev–Trinajstić information content (AvgIpc) is 2.92. The molecule has 0 bridgehead atoms. The monoisotopic (exact) mass is 338 g/mol. The van der Waals surface area contributed by atoms with Crippen molar-refractivity contribution in [1.82, 2.24) is 10.2 Å². The molecule has 24 heavy (non-hydrogen) atoms. The van der Waals surface area contributed by atoms with E-state index in [9.17, 15) is 9.18 Å². The topological polar surface area (TPSA) is 61.8 Å². The Morgan fingerprint density at radius 3 is 2.83 bits per heavy atom. The summed E-state index contributed by atoms with van der Waals surface area (Å²) in [6.45, 7) is 6.48. The van der Waals surface area contributed by atoms with Gasteiger partial charge in [0, 0.05) is 32.1 Å². The van der Waals surface area contributed by atoms with Crippen LogP contribution in [-0.2, 0) is 11.3 Å². The van der Waals surface area contributed by atoms with Gasteiger partial charge in [-0.05, 0) is 29.5 Å². The Kier molecular flexibility index (Phi) is 6.57. The molecule has 1 aliphatic heterocycles. The number of likely N-dealkylation sites (tertiary alicyclic amines) is 1. The van der Waals surface area contributed by atoms with Gasteiger partial charge in [-0.1, -0.05) is 19.9 Å². The van der Waals surface area contributed by atoms with Gasteiger partial charge in [-0.25, -0.2) is 4.39 Å². The lowest BCUT2D eigenvalue weighted by molar-refractivity contribution is -0.122. The summed E-state index contributed by atoms with van der Waals surface area (Å²) in [4.78, 5) is 14.1. The number of ether oxygens (including phenoxy) is 1. The molecule has 0 radical (unpaired) electrons. The first kappa shape index (κ1) is 18.7. The molecule has 1 heterocycles. The van der Waals surface area contributed by atoms with E-state index >= 15 is 0 Å². The van der Waals surface area contributed by atoms with Gasteiger partial charge < -0.3 is 15.2 Å². The lowest BCUT2D eigenvalue weighted by Gasteiger charge is -2.22. The number of carbonyl (C=O) groups excluding carboxylic acids is 1. The highest BCUT2D eigenvalue weighted by molar-refractivity contribution is 5.76. The Labute approximate surface area is 142 Å². The van der Waals surface area contributed by atoms with Crippen molar-refractivity contribution < 1.29 is 19.0 Å². The van der Waals surface area contributed by atoms with Crippen LogP contribution in [0, 0.1) is 17.7 Å². The first-order valence-electron chi connectivity index (χ1n) is 8.39. The molecule has 5 nitrogen and oxygen atoms in total. The van der Waals surface area contributed by atoms with E-state index in [0.29, 0.717) is 18.4 Å². The van der Waals surface area contributed by atoms with Crippen LogP contribution in [0.25, 0.3) is 0 Å². The molecule has 0 saturated carbocycles. The van der Waals surface area contributed by atoms with Crippen LogP contribution < -0.4 is 10.1 Å². The molecule has 1 amide bonds. The number of carbonyl (C=O) groups is 1. The van der Waals surface area contributed by atoms with Crippen molar-refractivity contribution in [2.75, 3.05) is 26.8 Å². The second-order valence-corrected chi connectivity index (χ2v) is 6.72. The van der Waals surface area contributed by atoms with Crippen molar-refractivity contribution in [3.05, 3.63) is 29.6 Å². The summed E-state index contributed by atoms with van der Waals surface area (Å²) in [5.41, 5.74) is 0.984. The number of methoxy groups -OCH3 is 1. The Balaban J connectivity index is 2.03. The number of rotatable bonds is 7. The molecular weight excluding hydrogens is 311 g/mol. The van der Waals surface area contributed by atoms with Crippen LogP contribution >= 0.6 is 0 Å². The van der Waals surface area contributed by atoms with Crippen LogP contribution in [-0.4, -0.2) is 48.8 Å². The summed E-state index contributed by atoms with van der Waals surface area (Å²) in [6.07, 6.45) is 0.135. The fourth-order valence-electron chi connectivity index (χ4n) is 3.31. The van der Waals surface area contributed by atoms with E-state index in [1.807, 2.05) is 0 Å². The van der Waals surface area contributed by atoms with Gasteiger partial charge in [0.15, 0.2) is 11.6 Å². The van der Waals surface area contributed by atoms with Gasteiger partial charge in [-0.3, -0.25) is 9.69 Å². The molecule has 2 N–H and O–H groups in total. The fraction of sp³-hybridized carbons (Fsp3) is 0.611. The van der Waals surface area contributed by atoms with Crippen LogP contribution in [0.1, 0.15) is 25.8 Å². The lowest BCUT2D eigenvalue weighted by Crippen LogP contribution is -2.42. The SMILES string of the molecule is COc1cc(CN2C[C@@H](NC(=O)CCO)[C@H](C(C)C)C2)ccc1F. The summed E-state index contributed by atoms with van der Waals surface area (Å²) in [5.74, 6) is 0.572. The number of nitrogens with one attached hydrogen (secondary N) is 1. The zero-order valence-corrected chi connectivity index (χ0v) is 14.6. The molecule has 1 aromatic carbocycles. The second kappa shape index (κ2) is 8.44. The number of aliphatic hydroxyl groups excluding tert-OH is 1. The molecule has 0 aromatic heterocycles. The Hall–Kier alpha value is -1.66. The van der Waals surface area contributed by atoms with E-state index in [4.69, 9.17) is 9.84 Å². The second-order valence-electron chi connectivity index (χ2n) is 6.72. The minimum absolute atomic E-state index is 0.0754. The summed E-state index contributed by atoms with van der Waals surface area (Å²) in [5, 5.41) is 11.9. The maximum absolute atomic E-state index is 13.5. The smallest absolute Gasteiger partial charge is 0.222 e. The minimum atomic E-state index is -0.364. The van der Waals surface area contributed by atoms with Gasteiger partial charge >= 0.3 is 0 Å². The zero-order chi connectivity index (χ0) is 17.7. The number of hydrogen-bond donors (Lipinski definition) is 2. The van der Waals surface area contributed by atoms with Crippen LogP contribution in [0.15, 0.2) is 18.2 Å². The van der Waals surface area contributed by atoms with Gasteiger partial charge in [0.2, 0.25) is 5.91 Å². The Bertz CT molecular complexity index is 565. The third-order valence-electron chi connectivity index (χ3n) is 4.60. The van der Waals surface area contributed by atoms with Crippen LogP contribution in [0.5, 0.6) is 5.75 Å². The van der Waals surface area contributed by atoms with E-state index in [0.717, 1.165) is 18.7 Å². The standard InChI is InChI=1S/C18H27FN2O3/c1-12(2)14-10-21(11-16(14)20-18(23)6-7-22)9-13-4-5-15(19)17(8-13)24-3/h4-5,8,12,14,16,22H,6-7,9-11H2,1-3H3,(H,20,23)/t14-,16+/m0/s1. The highest BCUT2D eigenvalue weighted by Gasteiger charge is 2.35. The highest BCUT2D eigenvalue weighted by Crippen LogP contribution is 2.27. The van der Waals surface area contributed by atoms with Crippen LogP contribution in [0.2, 0.25) is 0 Å². The number of hydrogen-bond acceptors (Lipinski definition) is 4. The van der Waals surface area contributed by atoms with Gasteiger partial charge in [-0.2, -0.15) is 0 Å². The van der Waals surface area contributed by atoms with E-state index < -0.39 is 0 Å². The molecule has 1 saturated heterocycles. The van der Waals surface area contributed by atoms with E-state index in [2.05, 4.69) is 24.1 Å². The molecule has 134 valence electrons. The predicted octanol–water partition coefficient (Wildman–Crippen LogP) is 1.79. The van der Waals surface area contributed by atoms with E-state index in [1.54, 1.807) is 12.1 Å². The van der Waals surface area contributed by atoms with Gasteiger partial charge in [-0.15, -0.1) is 0 Å². The molecule has 2 rings (SSSR count). The summed E-state index contributed by atoms with van der Waals surface area (Å²) >= 11 is 0. The van der Waals surface area contributed by atoms with Crippen molar-refractivity contribution in [1.29, 1.82) is 0 Å². The normalized spacial score (nSPS) is 21.2. The quantitative estimate of drug-likeness (QED) is 0.796. The molecule has 0 aliphatic carbocycles. The van der Waals surface area contributed by atoms with Gasteiger partial charge in [0.05, 0.1) is 13.7 Å². The number of aliphatic hydroxyl groups is 1. The van der Waals surface area contributed by atoms with Crippen LogP contribution in [0.3, 0.4) is 0 Å². The average molecular weight is 338 g/mol. The fourth-order valence-corrected chi connectivity index (χ4v) is 3.31. The maximum Gasteiger partial charge on any atom is 0.222 e. The number of benzene rings is 1. The lowest BCUT2D eigenvalue weighted by atomic mass is 9.91. The highest BCUT2D eigenvalue weighted by atomic mass is 19.1. The molecular formula is C18H27FN2O3. The summed E-state index contributed by atoms with van der Waals surface area (Å²) < 4.78 is 18.6. The van der Waals surface area contributed by atoms with Gasteiger partial charge in [0.25, 0.3) is 0 Å². The van der Waals surface area contributed by atoms with Crippen molar-refractivity contribution in [2.45, 2.75) is 32.9 Å². The first-order chi connectivity index (χ1) is 11.4. The largest absolute Gasteiger partial charge is 0.494 e. The van der Waals surface area contributed by atoms with Crippen molar-refractivity contribution in [2.24, 2.45) is 11.8 Å². The number of nitrogens with zero attached hydrogens (tertiary/aromatic N) is 1. The Morgan fingerprint density at radius 2 is 2.21 bits per heavy atom. The maximum atomic E-state index is 13.5. The number of halogens is 1. The molecule has 0 unspecified atom stereocenters. The van der Waals surface area contributed by atoms with E-state index in [-0.39, 0.29) is 36.5 Å². The van der Waals surface area contributed by atoms with Crippen molar-refractivity contribution >= 4 is 5.91 Å². The third-order valence-corrected chi connectivity index (χ3v) is 4.60.